The summed E-state index contributed by atoms with van der Waals surface area (Å²) < 4.78 is 20.8. The minimum absolute atomic E-state index is 0.0256. The number of esters is 3. The van der Waals surface area contributed by atoms with Gasteiger partial charge in [-0.15, -0.1) is 0 Å². The van der Waals surface area contributed by atoms with Gasteiger partial charge in [-0.2, -0.15) is 0 Å². The van der Waals surface area contributed by atoms with Crippen LogP contribution in [0.2, 0.25) is 0 Å². The second-order valence-electron chi connectivity index (χ2n) is 5.58. The number of hydrogen-bond donors (Lipinski definition) is 0. The van der Waals surface area contributed by atoms with E-state index in [4.69, 9.17) is 18.9 Å². The Morgan fingerprint density at radius 3 is 2.29 bits per heavy atom. The summed E-state index contributed by atoms with van der Waals surface area (Å²) in [4.78, 5) is 34.2. The molecular formula is C17H20O7. The summed E-state index contributed by atoms with van der Waals surface area (Å²) in [5, 5.41) is 0. The predicted octanol–water partition coefficient (Wildman–Crippen LogP) is 1.76. The van der Waals surface area contributed by atoms with E-state index in [2.05, 4.69) is 0 Å². The minimum Gasteiger partial charge on any atom is -0.459 e. The summed E-state index contributed by atoms with van der Waals surface area (Å²) >= 11 is 0. The Labute approximate surface area is 139 Å². The summed E-state index contributed by atoms with van der Waals surface area (Å²) in [6.45, 7) is 4.39. The molecule has 2 rings (SSSR count). The Bertz CT molecular complexity index is 584. The smallest absolute Gasteiger partial charge is 0.338 e. The molecule has 0 saturated carbocycles. The van der Waals surface area contributed by atoms with Crippen LogP contribution in [0.4, 0.5) is 0 Å². The molecule has 0 radical (unpaired) electrons. The van der Waals surface area contributed by atoms with Crippen LogP contribution in [0, 0.1) is 6.92 Å². The molecule has 0 bridgehead atoms. The highest BCUT2D eigenvalue weighted by atomic mass is 16.7. The maximum atomic E-state index is 12.0. The van der Waals surface area contributed by atoms with Crippen molar-refractivity contribution < 1.29 is 33.3 Å². The zero-order valence-corrected chi connectivity index (χ0v) is 13.8. The van der Waals surface area contributed by atoms with Gasteiger partial charge in [-0.3, -0.25) is 9.59 Å². The van der Waals surface area contributed by atoms with E-state index in [1.807, 2.05) is 19.1 Å². The molecule has 1 aromatic carbocycles. The zero-order chi connectivity index (χ0) is 17.7. The van der Waals surface area contributed by atoms with Crippen LogP contribution in [-0.4, -0.2) is 43.0 Å². The second kappa shape index (κ2) is 7.92. The molecule has 7 nitrogen and oxygen atoms in total. The van der Waals surface area contributed by atoms with E-state index in [0.717, 1.165) is 5.56 Å². The molecule has 0 spiro atoms. The summed E-state index contributed by atoms with van der Waals surface area (Å²) in [6, 6.07) is 6.99. The average molecular weight is 336 g/mol. The van der Waals surface area contributed by atoms with Gasteiger partial charge < -0.3 is 18.9 Å². The van der Waals surface area contributed by atoms with Gasteiger partial charge in [-0.25, -0.2) is 4.79 Å². The van der Waals surface area contributed by atoms with E-state index in [-0.39, 0.29) is 13.0 Å². The first-order chi connectivity index (χ1) is 11.3. The monoisotopic (exact) mass is 336 g/mol. The molecule has 0 amide bonds. The largest absolute Gasteiger partial charge is 0.459 e. The molecule has 7 heteroatoms. The highest BCUT2D eigenvalue weighted by Gasteiger charge is 2.40. The Morgan fingerprint density at radius 2 is 1.71 bits per heavy atom. The first-order valence-corrected chi connectivity index (χ1v) is 7.59. The van der Waals surface area contributed by atoms with Crippen LogP contribution in [0.1, 0.15) is 36.2 Å². The number of carbonyl (C=O) groups excluding carboxylic acids is 3. The lowest BCUT2D eigenvalue weighted by atomic mass is 10.1. The van der Waals surface area contributed by atoms with Crippen molar-refractivity contribution in [2.75, 3.05) is 6.61 Å². The molecule has 1 heterocycles. The first-order valence-electron chi connectivity index (χ1n) is 7.59. The van der Waals surface area contributed by atoms with Crippen molar-refractivity contribution in [1.82, 2.24) is 0 Å². The van der Waals surface area contributed by atoms with E-state index in [0.29, 0.717) is 5.56 Å². The van der Waals surface area contributed by atoms with Gasteiger partial charge in [0.15, 0.2) is 6.10 Å². The van der Waals surface area contributed by atoms with Crippen molar-refractivity contribution in [2.24, 2.45) is 0 Å². The molecule has 1 saturated heterocycles. The Hall–Kier alpha value is -2.41. The van der Waals surface area contributed by atoms with E-state index in [9.17, 15) is 14.4 Å². The van der Waals surface area contributed by atoms with Crippen LogP contribution in [0.15, 0.2) is 24.3 Å². The third-order valence-corrected chi connectivity index (χ3v) is 3.41. The lowest BCUT2D eigenvalue weighted by Gasteiger charge is -2.17. The van der Waals surface area contributed by atoms with Crippen molar-refractivity contribution in [1.29, 1.82) is 0 Å². The standard InChI is InChI=1S/C17H20O7/c1-10-4-6-13(7-5-10)16(20)21-9-14-8-15(22-11(2)18)17(24-14)23-12(3)19/h4-7,14-15,17H,8-9H2,1-3H3/t14-,15+,17?/m0/s1. The van der Waals surface area contributed by atoms with Crippen molar-refractivity contribution in [2.45, 2.75) is 45.7 Å². The Balaban J connectivity index is 1.90. The SMILES string of the molecule is CC(=O)OC1O[C@H](COC(=O)c2ccc(C)cc2)C[C@H]1OC(C)=O. The number of hydrogen-bond acceptors (Lipinski definition) is 7. The normalized spacial score (nSPS) is 22.7. The summed E-state index contributed by atoms with van der Waals surface area (Å²) in [5.41, 5.74) is 1.48. The lowest BCUT2D eigenvalue weighted by molar-refractivity contribution is -0.195. The molecule has 1 aromatic rings. The quantitative estimate of drug-likeness (QED) is 0.598. The number of carbonyl (C=O) groups is 3. The third-order valence-electron chi connectivity index (χ3n) is 3.41. The maximum absolute atomic E-state index is 12.0. The Kier molecular flexibility index (Phi) is 5.92. The molecule has 24 heavy (non-hydrogen) atoms. The summed E-state index contributed by atoms with van der Waals surface area (Å²) in [7, 11) is 0. The molecule has 1 unspecified atom stereocenters. The van der Waals surface area contributed by atoms with Crippen molar-refractivity contribution in [3.8, 4) is 0 Å². The zero-order valence-electron chi connectivity index (χ0n) is 13.8. The minimum atomic E-state index is -0.991. The van der Waals surface area contributed by atoms with Crippen molar-refractivity contribution >= 4 is 17.9 Å². The van der Waals surface area contributed by atoms with E-state index >= 15 is 0 Å². The van der Waals surface area contributed by atoms with Crippen LogP contribution in [0.25, 0.3) is 0 Å². The maximum Gasteiger partial charge on any atom is 0.338 e. The van der Waals surface area contributed by atoms with Crippen LogP contribution in [0.5, 0.6) is 0 Å². The number of rotatable bonds is 5. The van der Waals surface area contributed by atoms with E-state index in [1.54, 1.807) is 12.1 Å². The lowest BCUT2D eigenvalue weighted by Crippen LogP contribution is -2.30. The Morgan fingerprint density at radius 1 is 1.08 bits per heavy atom. The molecule has 0 aliphatic carbocycles. The van der Waals surface area contributed by atoms with Crippen LogP contribution in [-0.2, 0) is 28.5 Å². The fourth-order valence-corrected chi connectivity index (χ4v) is 2.34. The third kappa shape index (κ3) is 5.06. The van der Waals surface area contributed by atoms with E-state index in [1.165, 1.54) is 13.8 Å². The summed E-state index contributed by atoms with van der Waals surface area (Å²) in [6.07, 6.45) is -1.95. The molecular weight excluding hydrogens is 316 g/mol. The van der Waals surface area contributed by atoms with Gasteiger partial charge in [-0.1, -0.05) is 17.7 Å². The van der Waals surface area contributed by atoms with Gasteiger partial charge in [0.05, 0.1) is 11.7 Å². The summed E-state index contributed by atoms with van der Waals surface area (Å²) in [5.74, 6) is -1.52. The van der Waals surface area contributed by atoms with Crippen LogP contribution >= 0.6 is 0 Å². The van der Waals surface area contributed by atoms with Crippen LogP contribution < -0.4 is 0 Å². The number of benzene rings is 1. The van der Waals surface area contributed by atoms with Crippen molar-refractivity contribution in [3.63, 3.8) is 0 Å². The molecule has 0 aromatic heterocycles. The fraction of sp³-hybridized carbons (Fsp3) is 0.471. The molecule has 1 fully saturated rings. The predicted molar refractivity (Wildman–Crippen MR) is 82.1 cm³/mol. The van der Waals surface area contributed by atoms with Gasteiger partial charge in [0.25, 0.3) is 0 Å². The topological polar surface area (TPSA) is 88.1 Å². The van der Waals surface area contributed by atoms with Crippen molar-refractivity contribution in [3.05, 3.63) is 35.4 Å². The highest BCUT2D eigenvalue weighted by molar-refractivity contribution is 5.89. The number of aryl methyl sites for hydroxylation is 1. The molecule has 1 aliphatic rings. The average Bonchev–Trinajstić information content (AvgIpc) is 2.86. The fourth-order valence-electron chi connectivity index (χ4n) is 2.34. The second-order valence-corrected chi connectivity index (χ2v) is 5.58. The highest BCUT2D eigenvalue weighted by Crippen LogP contribution is 2.25. The molecule has 1 aliphatic heterocycles. The van der Waals surface area contributed by atoms with Gasteiger partial charge in [-0.05, 0) is 19.1 Å². The first kappa shape index (κ1) is 17.9. The molecule has 0 N–H and O–H groups in total. The molecule has 3 atom stereocenters. The van der Waals surface area contributed by atoms with E-state index < -0.39 is 36.4 Å². The van der Waals surface area contributed by atoms with Crippen LogP contribution in [0.3, 0.4) is 0 Å². The van der Waals surface area contributed by atoms with Gasteiger partial charge in [0.1, 0.15) is 6.61 Å². The van der Waals surface area contributed by atoms with Gasteiger partial charge in [0.2, 0.25) is 6.29 Å². The van der Waals surface area contributed by atoms with Gasteiger partial charge in [0, 0.05) is 20.3 Å². The number of ether oxygens (including phenoxy) is 4. The molecule has 130 valence electrons. The van der Waals surface area contributed by atoms with Gasteiger partial charge >= 0.3 is 17.9 Å².